The largest absolute Gasteiger partial charge is 0.494 e. The van der Waals surface area contributed by atoms with Crippen molar-refractivity contribution in [1.82, 2.24) is 10.6 Å². The summed E-state index contributed by atoms with van der Waals surface area (Å²) in [5, 5.41) is 8.52. The summed E-state index contributed by atoms with van der Waals surface area (Å²) in [6, 6.07) is 13.9. The van der Waals surface area contributed by atoms with Gasteiger partial charge in [-0.25, -0.2) is 0 Å². The Balaban J connectivity index is 1.95. The summed E-state index contributed by atoms with van der Waals surface area (Å²) >= 11 is 5.25. The lowest BCUT2D eigenvalue weighted by molar-refractivity contribution is 0.0942. The Labute approximate surface area is 183 Å². The molecule has 0 fully saturated rings. The fourth-order valence-electron chi connectivity index (χ4n) is 2.57. The average Bonchev–Trinajstić information content (AvgIpc) is 2.68. The molecule has 3 N–H and O–H groups in total. The van der Waals surface area contributed by atoms with E-state index in [4.69, 9.17) is 17.0 Å². The molecule has 0 aliphatic carbocycles. The Bertz CT molecular complexity index is 880. The normalized spacial score (nSPS) is 10.6. The molecule has 2 amide bonds. The monoisotopic (exact) mass is 427 g/mol. The second-order valence-corrected chi connectivity index (χ2v) is 8.05. The van der Waals surface area contributed by atoms with Gasteiger partial charge >= 0.3 is 0 Å². The molecule has 0 saturated heterocycles. The van der Waals surface area contributed by atoms with Crippen molar-refractivity contribution >= 4 is 34.8 Å². The lowest BCUT2D eigenvalue weighted by Gasteiger charge is -2.15. The van der Waals surface area contributed by atoms with E-state index in [2.05, 4.69) is 29.8 Å². The van der Waals surface area contributed by atoms with Gasteiger partial charge in [0.25, 0.3) is 11.8 Å². The van der Waals surface area contributed by atoms with Crippen LogP contribution in [0.3, 0.4) is 0 Å². The molecule has 0 unspecified atom stereocenters. The van der Waals surface area contributed by atoms with Crippen LogP contribution in [0.2, 0.25) is 0 Å². The predicted molar refractivity (Wildman–Crippen MR) is 124 cm³/mol. The van der Waals surface area contributed by atoms with E-state index in [1.54, 1.807) is 48.5 Å². The summed E-state index contributed by atoms with van der Waals surface area (Å²) in [5.41, 5.74) is 1.43. The van der Waals surface area contributed by atoms with E-state index in [9.17, 15) is 9.59 Å². The van der Waals surface area contributed by atoms with Gasteiger partial charge in [-0.05, 0) is 74.8 Å². The van der Waals surface area contributed by atoms with Gasteiger partial charge in [-0.1, -0.05) is 26.0 Å². The highest BCUT2D eigenvalue weighted by Gasteiger charge is 2.14. The fraction of sp³-hybridized carbons (Fsp3) is 0.348. The lowest BCUT2D eigenvalue weighted by atomic mass is 10.1. The second-order valence-electron chi connectivity index (χ2n) is 7.64. The average molecular weight is 428 g/mol. The zero-order valence-corrected chi connectivity index (χ0v) is 18.6. The summed E-state index contributed by atoms with van der Waals surface area (Å²) in [7, 11) is 0. The number of ether oxygens (including phenoxy) is 1. The van der Waals surface area contributed by atoms with Crippen LogP contribution in [0, 0.1) is 5.92 Å². The van der Waals surface area contributed by atoms with Crippen LogP contribution in [0.15, 0.2) is 48.5 Å². The minimum atomic E-state index is -0.342. The van der Waals surface area contributed by atoms with Gasteiger partial charge in [0.05, 0.1) is 17.9 Å². The first-order valence-electron chi connectivity index (χ1n) is 10.0. The summed E-state index contributed by atoms with van der Waals surface area (Å²) in [6.45, 7) is 8.70. The number of benzene rings is 2. The molecule has 0 spiro atoms. The summed E-state index contributed by atoms with van der Waals surface area (Å²) in [6.07, 6.45) is 0.971. The van der Waals surface area contributed by atoms with Gasteiger partial charge in [0.15, 0.2) is 5.11 Å². The summed E-state index contributed by atoms with van der Waals surface area (Å²) in [4.78, 5) is 24.8. The molecule has 0 atom stereocenters. The van der Waals surface area contributed by atoms with E-state index >= 15 is 0 Å². The van der Waals surface area contributed by atoms with Crippen molar-refractivity contribution in [2.75, 3.05) is 11.9 Å². The molecular formula is C23H29N3O3S. The molecular weight excluding hydrogens is 398 g/mol. The number of amides is 2. The quantitative estimate of drug-likeness (QED) is 0.545. The van der Waals surface area contributed by atoms with Crippen molar-refractivity contribution in [2.45, 2.75) is 40.2 Å². The smallest absolute Gasteiger partial charge is 0.257 e. The van der Waals surface area contributed by atoms with E-state index in [1.807, 2.05) is 13.8 Å². The third kappa shape index (κ3) is 7.48. The Morgan fingerprint density at radius 3 is 2.27 bits per heavy atom. The predicted octanol–water partition coefficient (Wildman–Crippen LogP) is 4.38. The maximum absolute atomic E-state index is 12.5. The van der Waals surface area contributed by atoms with Crippen LogP contribution in [0.25, 0.3) is 0 Å². The van der Waals surface area contributed by atoms with E-state index < -0.39 is 0 Å². The topological polar surface area (TPSA) is 79.5 Å². The highest BCUT2D eigenvalue weighted by Crippen LogP contribution is 2.16. The molecule has 0 bridgehead atoms. The van der Waals surface area contributed by atoms with Crippen molar-refractivity contribution in [1.29, 1.82) is 0 Å². The number of anilines is 1. The molecule has 0 aliphatic heterocycles. The van der Waals surface area contributed by atoms with Crippen LogP contribution in [0.1, 0.15) is 54.8 Å². The number of hydrogen-bond acceptors (Lipinski definition) is 4. The Kier molecular flexibility index (Phi) is 8.80. The molecule has 160 valence electrons. The molecule has 0 aromatic heterocycles. The number of carbonyl (C=O) groups excluding carboxylic acids is 2. The van der Waals surface area contributed by atoms with Crippen LogP contribution < -0.4 is 20.7 Å². The van der Waals surface area contributed by atoms with Gasteiger partial charge in [0.1, 0.15) is 5.75 Å². The number of carbonyl (C=O) groups is 2. The molecule has 2 rings (SSSR count). The first kappa shape index (κ1) is 23.3. The van der Waals surface area contributed by atoms with Crippen molar-refractivity contribution in [3.8, 4) is 5.75 Å². The number of para-hydroxylation sites is 1. The van der Waals surface area contributed by atoms with Gasteiger partial charge in [0.2, 0.25) is 0 Å². The fourth-order valence-corrected chi connectivity index (χ4v) is 2.78. The maximum atomic E-state index is 12.5. The maximum Gasteiger partial charge on any atom is 0.257 e. The first-order valence-corrected chi connectivity index (χ1v) is 10.4. The lowest BCUT2D eigenvalue weighted by Crippen LogP contribution is -2.35. The molecule has 7 heteroatoms. The van der Waals surface area contributed by atoms with Gasteiger partial charge < -0.3 is 15.4 Å². The molecule has 0 saturated carbocycles. The summed E-state index contributed by atoms with van der Waals surface area (Å²) in [5.74, 6) is 0.740. The number of nitrogens with one attached hydrogen (secondary N) is 3. The Morgan fingerprint density at radius 2 is 1.63 bits per heavy atom. The van der Waals surface area contributed by atoms with Crippen molar-refractivity contribution in [3.05, 3.63) is 59.7 Å². The van der Waals surface area contributed by atoms with Crippen molar-refractivity contribution in [3.63, 3.8) is 0 Å². The number of rotatable bonds is 8. The third-order valence-electron chi connectivity index (χ3n) is 4.15. The van der Waals surface area contributed by atoms with Gasteiger partial charge in [0, 0.05) is 11.6 Å². The van der Waals surface area contributed by atoms with Crippen LogP contribution in [-0.2, 0) is 0 Å². The highest BCUT2D eigenvalue weighted by atomic mass is 32.1. The molecule has 2 aromatic rings. The second kappa shape index (κ2) is 11.3. The highest BCUT2D eigenvalue weighted by molar-refractivity contribution is 7.80. The van der Waals surface area contributed by atoms with E-state index in [1.165, 1.54) is 0 Å². The zero-order chi connectivity index (χ0) is 22.1. The molecule has 30 heavy (non-hydrogen) atoms. The van der Waals surface area contributed by atoms with E-state index in [0.29, 0.717) is 29.3 Å². The Morgan fingerprint density at radius 1 is 0.967 bits per heavy atom. The van der Waals surface area contributed by atoms with Crippen LogP contribution in [0.5, 0.6) is 5.75 Å². The van der Waals surface area contributed by atoms with Crippen LogP contribution >= 0.6 is 12.2 Å². The van der Waals surface area contributed by atoms with Crippen molar-refractivity contribution in [2.24, 2.45) is 5.92 Å². The van der Waals surface area contributed by atoms with Crippen LogP contribution in [0.4, 0.5) is 5.69 Å². The molecule has 0 heterocycles. The SMILES string of the molecule is CC(C)CCOc1ccc(C(=O)NC(=S)Nc2ccccc2C(=O)NC(C)C)cc1. The number of thiocarbonyl (C=S) groups is 1. The number of hydrogen-bond donors (Lipinski definition) is 3. The zero-order valence-electron chi connectivity index (χ0n) is 17.8. The minimum absolute atomic E-state index is 0.00883. The molecule has 2 aromatic carbocycles. The van der Waals surface area contributed by atoms with E-state index in [0.717, 1.165) is 12.2 Å². The van der Waals surface area contributed by atoms with E-state index in [-0.39, 0.29) is 23.0 Å². The first-order chi connectivity index (χ1) is 14.3. The standard InChI is InChI=1S/C23H29N3O3S/c1-15(2)13-14-29-18-11-9-17(10-12-18)21(27)26-23(30)25-20-8-6-5-7-19(20)22(28)24-16(3)4/h5-12,15-16H,13-14H2,1-4H3,(H,24,28)(H2,25,26,27,30). The minimum Gasteiger partial charge on any atom is -0.494 e. The molecule has 0 radical (unpaired) electrons. The van der Waals surface area contributed by atoms with Crippen molar-refractivity contribution < 1.29 is 14.3 Å². The molecule has 0 aliphatic rings. The van der Waals surface area contributed by atoms with Crippen LogP contribution in [-0.4, -0.2) is 29.6 Å². The van der Waals surface area contributed by atoms with Gasteiger partial charge in [-0.3, -0.25) is 14.9 Å². The van der Waals surface area contributed by atoms with Gasteiger partial charge in [-0.2, -0.15) is 0 Å². The summed E-state index contributed by atoms with van der Waals surface area (Å²) < 4.78 is 5.67. The third-order valence-corrected chi connectivity index (χ3v) is 4.35. The van der Waals surface area contributed by atoms with Gasteiger partial charge in [-0.15, -0.1) is 0 Å². The Hall–Kier alpha value is -2.93. The molecule has 6 nitrogen and oxygen atoms in total.